The van der Waals surface area contributed by atoms with E-state index in [1.165, 1.54) is 0 Å². The normalized spacial score (nSPS) is 11.2. The summed E-state index contributed by atoms with van der Waals surface area (Å²) in [6, 6.07) is 5.67. The van der Waals surface area contributed by atoms with Gasteiger partial charge in [-0.25, -0.2) is 0 Å². The standard InChI is InChI=1S/C15H18Cl2N2O/c1-3-11(4-2)18-15(20)9-19-6-5-12-13(17)7-10(16)8-14(12)19/h5-8,11H,3-4,9H2,1-2H3,(H,18,20). The van der Waals surface area contributed by atoms with Gasteiger partial charge in [-0.1, -0.05) is 37.0 Å². The van der Waals surface area contributed by atoms with Gasteiger partial charge in [0.15, 0.2) is 0 Å². The van der Waals surface area contributed by atoms with Gasteiger partial charge in [0.2, 0.25) is 5.91 Å². The lowest BCUT2D eigenvalue weighted by atomic mass is 10.2. The Morgan fingerprint density at radius 3 is 2.65 bits per heavy atom. The molecule has 1 amide bonds. The number of aromatic nitrogens is 1. The molecule has 3 nitrogen and oxygen atoms in total. The monoisotopic (exact) mass is 312 g/mol. The maximum absolute atomic E-state index is 12.1. The van der Waals surface area contributed by atoms with E-state index < -0.39 is 0 Å². The summed E-state index contributed by atoms with van der Waals surface area (Å²) in [6.45, 7) is 4.41. The molecule has 0 bridgehead atoms. The first-order valence-electron chi connectivity index (χ1n) is 6.78. The van der Waals surface area contributed by atoms with Crippen molar-refractivity contribution in [1.82, 2.24) is 9.88 Å². The van der Waals surface area contributed by atoms with Gasteiger partial charge >= 0.3 is 0 Å². The van der Waals surface area contributed by atoms with E-state index in [4.69, 9.17) is 23.2 Å². The van der Waals surface area contributed by atoms with Crippen molar-refractivity contribution in [2.75, 3.05) is 0 Å². The lowest BCUT2D eigenvalue weighted by Gasteiger charge is -2.15. The van der Waals surface area contributed by atoms with E-state index in [1.54, 1.807) is 6.07 Å². The number of amides is 1. The Bertz CT molecular complexity index is 618. The topological polar surface area (TPSA) is 34.0 Å². The SMILES string of the molecule is CCC(CC)NC(=O)Cn1ccc2c(Cl)cc(Cl)cc21. The van der Waals surface area contributed by atoms with E-state index in [1.807, 2.05) is 22.9 Å². The van der Waals surface area contributed by atoms with Crippen LogP contribution in [0.3, 0.4) is 0 Å². The predicted molar refractivity (Wildman–Crippen MR) is 84.5 cm³/mol. The van der Waals surface area contributed by atoms with Gasteiger partial charge in [0.25, 0.3) is 0 Å². The van der Waals surface area contributed by atoms with Gasteiger partial charge in [0.1, 0.15) is 6.54 Å². The number of hydrogen-bond acceptors (Lipinski definition) is 1. The van der Waals surface area contributed by atoms with Crippen molar-refractivity contribution in [3.8, 4) is 0 Å². The molecule has 0 atom stereocenters. The molecule has 0 fully saturated rings. The van der Waals surface area contributed by atoms with Crippen LogP contribution in [-0.4, -0.2) is 16.5 Å². The number of rotatable bonds is 5. The quantitative estimate of drug-likeness (QED) is 0.879. The molecule has 0 aliphatic rings. The Morgan fingerprint density at radius 2 is 2.00 bits per heavy atom. The second kappa shape index (κ2) is 6.51. The third-order valence-electron chi connectivity index (χ3n) is 3.47. The molecule has 0 aliphatic heterocycles. The van der Waals surface area contributed by atoms with Crippen LogP contribution in [0.15, 0.2) is 24.4 Å². The Kier molecular flexibility index (Phi) is 4.95. The lowest BCUT2D eigenvalue weighted by Crippen LogP contribution is -2.36. The number of halogens is 2. The highest BCUT2D eigenvalue weighted by Crippen LogP contribution is 2.28. The fraction of sp³-hybridized carbons (Fsp3) is 0.400. The fourth-order valence-corrected chi connectivity index (χ4v) is 2.82. The van der Waals surface area contributed by atoms with Gasteiger partial charge in [-0.2, -0.15) is 0 Å². The summed E-state index contributed by atoms with van der Waals surface area (Å²) in [4.78, 5) is 12.1. The Hall–Kier alpha value is -1.19. The largest absolute Gasteiger partial charge is 0.352 e. The number of benzene rings is 1. The van der Waals surface area contributed by atoms with E-state index in [9.17, 15) is 4.79 Å². The molecule has 2 aromatic rings. The van der Waals surface area contributed by atoms with E-state index in [2.05, 4.69) is 19.2 Å². The lowest BCUT2D eigenvalue weighted by molar-refractivity contribution is -0.122. The Labute approximate surface area is 128 Å². The second-order valence-electron chi connectivity index (χ2n) is 4.84. The zero-order valence-corrected chi connectivity index (χ0v) is 13.1. The average molecular weight is 313 g/mol. The van der Waals surface area contributed by atoms with Crippen LogP contribution >= 0.6 is 23.2 Å². The molecule has 0 unspecified atom stereocenters. The molecule has 0 saturated carbocycles. The Balaban J connectivity index is 2.20. The number of nitrogens with zero attached hydrogens (tertiary/aromatic N) is 1. The molecule has 1 aromatic heterocycles. The summed E-state index contributed by atoms with van der Waals surface area (Å²) in [5.41, 5.74) is 0.877. The molecule has 1 aromatic carbocycles. The Morgan fingerprint density at radius 1 is 1.30 bits per heavy atom. The van der Waals surface area contributed by atoms with Crippen LogP contribution in [0.25, 0.3) is 10.9 Å². The van der Waals surface area contributed by atoms with Crippen molar-refractivity contribution >= 4 is 40.0 Å². The molecule has 0 radical (unpaired) electrons. The van der Waals surface area contributed by atoms with Crippen LogP contribution in [0.5, 0.6) is 0 Å². The number of hydrogen-bond donors (Lipinski definition) is 1. The molecule has 108 valence electrons. The van der Waals surface area contributed by atoms with Crippen molar-refractivity contribution in [3.63, 3.8) is 0 Å². The fourth-order valence-electron chi connectivity index (χ4n) is 2.28. The summed E-state index contributed by atoms with van der Waals surface area (Å²) >= 11 is 12.2. The van der Waals surface area contributed by atoms with Crippen LogP contribution in [0.2, 0.25) is 10.0 Å². The number of nitrogens with one attached hydrogen (secondary N) is 1. The maximum Gasteiger partial charge on any atom is 0.240 e. The van der Waals surface area contributed by atoms with Crippen molar-refractivity contribution in [3.05, 3.63) is 34.4 Å². The summed E-state index contributed by atoms with van der Waals surface area (Å²) in [5, 5.41) is 5.11. The van der Waals surface area contributed by atoms with Crippen LogP contribution in [0.1, 0.15) is 26.7 Å². The molecule has 0 aliphatic carbocycles. The average Bonchev–Trinajstić information content (AvgIpc) is 2.79. The summed E-state index contributed by atoms with van der Waals surface area (Å²) in [5.74, 6) is 0.00676. The van der Waals surface area contributed by atoms with Gasteiger partial charge in [-0.15, -0.1) is 0 Å². The molecule has 20 heavy (non-hydrogen) atoms. The molecular weight excluding hydrogens is 295 g/mol. The first kappa shape index (κ1) is 15.2. The van der Waals surface area contributed by atoms with Gasteiger partial charge in [0.05, 0.1) is 10.5 Å². The molecule has 0 spiro atoms. The van der Waals surface area contributed by atoms with Crippen molar-refractivity contribution in [2.24, 2.45) is 0 Å². The highest BCUT2D eigenvalue weighted by molar-refractivity contribution is 6.38. The predicted octanol–water partition coefficient (Wildman–Crippen LogP) is 4.25. The minimum atomic E-state index is 0.00676. The minimum absolute atomic E-state index is 0.00676. The molecule has 0 saturated heterocycles. The maximum atomic E-state index is 12.1. The van der Waals surface area contributed by atoms with Crippen molar-refractivity contribution < 1.29 is 4.79 Å². The van der Waals surface area contributed by atoms with Crippen LogP contribution < -0.4 is 5.32 Å². The van der Waals surface area contributed by atoms with Gasteiger partial charge in [-0.05, 0) is 31.0 Å². The smallest absolute Gasteiger partial charge is 0.240 e. The number of fused-ring (bicyclic) bond motifs is 1. The van der Waals surface area contributed by atoms with E-state index in [0.717, 1.165) is 23.7 Å². The van der Waals surface area contributed by atoms with Crippen molar-refractivity contribution in [1.29, 1.82) is 0 Å². The van der Waals surface area contributed by atoms with Crippen LogP contribution in [0.4, 0.5) is 0 Å². The van der Waals surface area contributed by atoms with Gasteiger partial charge in [0, 0.05) is 22.6 Å². The van der Waals surface area contributed by atoms with E-state index in [0.29, 0.717) is 10.0 Å². The number of carbonyl (C=O) groups excluding carboxylic acids is 1. The third-order valence-corrected chi connectivity index (χ3v) is 4.00. The van der Waals surface area contributed by atoms with Crippen molar-refractivity contribution in [2.45, 2.75) is 39.3 Å². The van der Waals surface area contributed by atoms with E-state index in [-0.39, 0.29) is 18.5 Å². The summed E-state index contributed by atoms with van der Waals surface area (Å²) in [7, 11) is 0. The minimum Gasteiger partial charge on any atom is -0.352 e. The zero-order chi connectivity index (χ0) is 14.7. The third kappa shape index (κ3) is 3.28. The highest BCUT2D eigenvalue weighted by atomic mass is 35.5. The second-order valence-corrected chi connectivity index (χ2v) is 5.69. The molecule has 1 heterocycles. The number of carbonyl (C=O) groups is 1. The van der Waals surface area contributed by atoms with Crippen LogP contribution in [-0.2, 0) is 11.3 Å². The van der Waals surface area contributed by atoms with E-state index >= 15 is 0 Å². The van der Waals surface area contributed by atoms with Crippen LogP contribution in [0, 0.1) is 0 Å². The summed E-state index contributed by atoms with van der Waals surface area (Å²) < 4.78 is 1.87. The van der Waals surface area contributed by atoms with Gasteiger partial charge < -0.3 is 9.88 Å². The zero-order valence-electron chi connectivity index (χ0n) is 11.6. The molecule has 5 heteroatoms. The molecule has 1 N–H and O–H groups in total. The molecule has 2 rings (SSSR count). The first-order chi connectivity index (χ1) is 9.55. The first-order valence-corrected chi connectivity index (χ1v) is 7.54. The highest BCUT2D eigenvalue weighted by Gasteiger charge is 2.12. The molecular formula is C15H18Cl2N2O. The van der Waals surface area contributed by atoms with Gasteiger partial charge in [-0.3, -0.25) is 4.79 Å². The summed E-state index contributed by atoms with van der Waals surface area (Å²) in [6.07, 6.45) is 3.73.